The summed E-state index contributed by atoms with van der Waals surface area (Å²) in [6, 6.07) is 4.81. The van der Waals surface area contributed by atoms with Crippen LogP contribution in [0.5, 0.6) is 0 Å². The normalized spacial score (nSPS) is 29.3. The van der Waals surface area contributed by atoms with E-state index in [1.54, 1.807) is 18.5 Å². The second kappa shape index (κ2) is 8.73. The van der Waals surface area contributed by atoms with Crippen molar-refractivity contribution in [2.24, 2.45) is 17.3 Å². The number of nitrogens with one attached hydrogen (secondary N) is 1. The van der Waals surface area contributed by atoms with E-state index in [1.165, 1.54) is 12.1 Å². The third kappa shape index (κ3) is 4.39. The van der Waals surface area contributed by atoms with Gasteiger partial charge in [0, 0.05) is 30.1 Å². The molecule has 2 aliphatic carbocycles. The molecule has 1 spiro atoms. The van der Waals surface area contributed by atoms with Crippen LogP contribution >= 0.6 is 11.6 Å². The van der Waals surface area contributed by atoms with Gasteiger partial charge in [0.15, 0.2) is 6.29 Å². The fraction of sp³-hybridized carbons (Fsp3) is 0.560. The molecule has 9 heteroatoms. The molecule has 1 unspecified atom stereocenters. The molecule has 1 atom stereocenters. The van der Waals surface area contributed by atoms with Crippen molar-refractivity contribution in [1.82, 2.24) is 15.3 Å². The van der Waals surface area contributed by atoms with E-state index in [2.05, 4.69) is 20.2 Å². The Morgan fingerprint density at radius 2 is 1.82 bits per heavy atom. The summed E-state index contributed by atoms with van der Waals surface area (Å²) in [5, 5.41) is 3.37. The minimum Gasteiger partial charge on any atom is -0.349 e. The van der Waals surface area contributed by atoms with E-state index in [9.17, 15) is 9.18 Å². The third-order valence-corrected chi connectivity index (χ3v) is 7.91. The van der Waals surface area contributed by atoms with Crippen molar-refractivity contribution in [1.29, 1.82) is 0 Å². The van der Waals surface area contributed by atoms with E-state index in [-0.39, 0.29) is 22.9 Å². The Morgan fingerprint density at radius 3 is 2.47 bits per heavy atom. The number of ether oxygens (including phenoxy) is 2. The summed E-state index contributed by atoms with van der Waals surface area (Å²) in [6.45, 7) is 3.11. The topological polar surface area (TPSA) is 76.6 Å². The summed E-state index contributed by atoms with van der Waals surface area (Å²) >= 11 is 5.90. The summed E-state index contributed by atoms with van der Waals surface area (Å²) in [6.07, 6.45) is 7.92. The standard InChI is InChI=1S/C25H28ClFN4O3/c26-17-11-28-24(29-12-17)31-7-5-15(6-8-31)20-10-25(20)13-33-23(34-14-25)16-1-4-19(21(27)9-16)22(32)30-18-2-3-18/h1,4,9,11-12,15,18,20,23H,2-3,5-8,10,13-14H2,(H,30,32). The Balaban J connectivity index is 1.01. The highest BCUT2D eigenvalue weighted by Crippen LogP contribution is 2.61. The maximum absolute atomic E-state index is 14.6. The second-order valence-corrected chi connectivity index (χ2v) is 10.6. The Bertz CT molecular complexity index is 1060. The Hall–Kier alpha value is -2.29. The first-order valence-electron chi connectivity index (χ1n) is 12.1. The van der Waals surface area contributed by atoms with Gasteiger partial charge in [-0.1, -0.05) is 17.7 Å². The van der Waals surface area contributed by atoms with Gasteiger partial charge < -0.3 is 19.7 Å². The number of carbonyl (C=O) groups is 1. The third-order valence-electron chi connectivity index (χ3n) is 7.72. The van der Waals surface area contributed by atoms with Crippen LogP contribution in [-0.4, -0.2) is 48.2 Å². The average Bonchev–Trinajstić information content (AvgIpc) is 3.78. The van der Waals surface area contributed by atoms with Gasteiger partial charge in [-0.05, 0) is 56.1 Å². The minimum absolute atomic E-state index is 0.0699. The molecule has 2 saturated heterocycles. The van der Waals surface area contributed by atoms with Gasteiger partial charge >= 0.3 is 0 Å². The van der Waals surface area contributed by atoms with Gasteiger partial charge in [-0.2, -0.15) is 0 Å². The first kappa shape index (κ1) is 22.2. The van der Waals surface area contributed by atoms with Crippen LogP contribution in [0.4, 0.5) is 10.3 Å². The zero-order chi connectivity index (χ0) is 23.3. The lowest BCUT2D eigenvalue weighted by Gasteiger charge is -2.35. The number of rotatable bonds is 5. The van der Waals surface area contributed by atoms with Crippen LogP contribution in [0.25, 0.3) is 0 Å². The maximum atomic E-state index is 14.6. The molecule has 2 aliphatic heterocycles. The molecule has 0 bridgehead atoms. The molecule has 7 nitrogen and oxygen atoms in total. The summed E-state index contributed by atoms with van der Waals surface area (Å²) in [7, 11) is 0. The molecule has 2 aromatic rings. The summed E-state index contributed by atoms with van der Waals surface area (Å²) in [5.41, 5.74) is 0.757. The predicted octanol–water partition coefficient (Wildman–Crippen LogP) is 4.13. The van der Waals surface area contributed by atoms with Gasteiger partial charge in [0.25, 0.3) is 5.91 Å². The zero-order valence-corrected chi connectivity index (χ0v) is 19.6. The molecule has 1 amide bonds. The van der Waals surface area contributed by atoms with Gasteiger partial charge in [0.2, 0.25) is 5.95 Å². The van der Waals surface area contributed by atoms with E-state index in [0.717, 1.165) is 51.1 Å². The Morgan fingerprint density at radius 1 is 1.12 bits per heavy atom. The smallest absolute Gasteiger partial charge is 0.254 e. The number of hydrogen-bond acceptors (Lipinski definition) is 6. The molecule has 3 heterocycles. The molecule has 0 radical (unpaired) electrons. The van der Waals surface area contributed by atoms with E-state index >= 15 is 0 Å². The molecular weight excluding hydrogens is 459 g/mol. The number of piperidine rings is 1. The SMILES string of the molecule is O=C(NC1CC1)c1ccc(C2OCC3(CO2)CC3C2CCN(c3ncc(Cl)cn3)CC2)cc1F. The van der Waals surface area contributed by atoms with Crippen molar-refractivity contribution in [3.05, 3.63) is 52.6 Å². The first-order valence-corrected chi connectivity index (χ1v) is 12.4. The molecule has 6 rings (SSSR count). The lowest BCUT2D eigenvalue weighted by atomic mass is 9.87. The molecule has 2 saturated carbocycles. The molecular formula is C25H28ClFN4O3. The number of halogens is 2. The number of hydrogen-bond donors (Lipinski definition) is 1. The van der Waals surface area contributed by atoms with E-state index < -0.39 is 12.1 Å². The zero-order valence-electron chi connectivity index (χ0n) is 18.9. The van der Waals surface area contributed by atoms with Crippen LogP contribution < -0.4 is 10.2 Å². The van der Waals surface area contributed by atoms with Gasteiger partial charge in [-0.25, -0.2) is 14.4 Å². The Labute approximate surface area is 203 Å². The van der Waals surface area contributed by atoms with Crippen LogP contribution in [0.2, 0.25) is 5.02 Å². The van der Waals surface area contributed by atoms with Crippen LogP contribution in [0.15, 0.2) is 30.6 Å². The lowest BCUT2D eigenvalue weighted by molar-refractivity contribution is -0.216. The monoisotopic (exact) mass is 486 g/mol. The molecule has 1 aromatic heterocycles. The highest BCUT2D eigenvalue weighted by Gasteiger charge is 2.59. The number of aromatic nitrogens is 2. The fourth-order valence-corrected chi connectivity index (χ4v) is 5.56. The lowest BCUT2D eigenvalue weighted by Crippen LogP contribution is -2.37. The molecule has 1 aromatic carbocycles. The van der Waals surface area contributed by atoms with Crippen molar-refractivity contribution in [2.45, 2.75) is 44.4 Å². The van der Waals surface area contributed by atoms with Crippen molar-refractivity contribution in [2.75, 3.05) is 31.2 Å². The minimum atomic E-state index is -0.592. The van der Waals surface area contributed by atoms with Gasteiger partial charge in [0.1, 0.15) is 5.82 Å². The first-order chi connectivity index (χ1) is 16.5. The molecule has 34 heavy (non-hydrogen) atoms. The van der Waals surface area contributed by atoms with Gasteiger partial charge in [0.05, 0.1) is 36.2 Å². The summed E-state index contributed by atoms with van der Waals surface area (Å²) in [5.74, 6) is 1.07. The molecule has 180 valence electrons. The predicted molar refractivity (Wildman–Crippen MR) is 124 cm³/mol. The van der Waals surface area contributed by atoms with E-state index in [4.69, 9.17) is 21.1 Å². The van der Waals surface area contributed by atoms with E-state index in [1.807, 2.05) is 0 Å². The van der Waals surface area contributed by atoms with Crippen molar-refractivity contribution >= 4 is 23.5 Å². The van der Waals surface area contributed by atoms with Gasteiger partial charge in [-0.15, -0.1) is 0 Å². The maximum Gasteiger partial charge on any atom is 0.254 e. The average molecular weight is 487 g/mol. The molecule has 4 aliphatic rings. The molecule has 1 N–H and O–H groups in total. The molecule has 4 fully saturated rings. The quantitative estimate of drug-likeness (QED) is 0.684. The van der Waals surface area contributed by atoms with Crippen LogP contribution in [0.3, 0.4) is 0 Å². The Kier molecular flexibility index (Phi) is 5.70. The van der Waals surface area contributed by atoms with Crippen molar-refractivity contribution < 1.29 is 18.7 Å². The van der Waals surface area contributed by atoms with Crippen molar-refractivity contribution in [3.8, 4) is 0 Å². The largest absolute Gasteiger partial charge is 0.349 e. The number of benzene rings is 1. The summed E-state index contributed by atoms with van der Waals surface area (Å²) in [4.78, 5) is 23.1. The second-order valence-electron chi connectivity index (χ2n) is 10.1. The summed E-state index contributed by atoms with van der Waals surface area (Å²) < 4.78 is 26.7. The van der Waals surface area contributed by atoms with Gasteiger partial charge in [-0.3, -0.25) is 4.79 Å². The van der Waals surface area contributed by atoms with Crippen LogP contribution in [0.1, 0.15) is 54.3 Å². The highest BCUT2D eigenvalue weighted by atomic mass is 35.5. The fourth-order valence-electron chi connectivity index (χ4n) is 5.47. The number of anilines is 1. The van der Waals surface area contributed by atoms with E-state index in [0.29, 0.717) is 35.6 Å². The number of amides is 1. The highest BCUT2D eigenvalue weighted by molar-refractivity contribution is 6.30. The van der Waals surface area contributed by atoms with Crippen LogP contribution in [0, 0.1) is 23.1 Å². The van der Waals surface area contributed by atoms with Crippen LogP contribution in [-0.2, 0) is 9.47 Å². The van der Waals surface area contributed by atoms with Crippen molar-refractivity contribution in [3.63, 3.8) is 0 Å². The number of nitrogens with zero attached hydrogens (tertiary/aromatic N) is 3. The number of carbonyl (C=O) groups excluding carboxylic acids is 1.